The van der Waals surface area contributed by atoms with E-state index in [1.807, 2.05) is 0 Å². The van der Waals surface area contributed by atoms with Crippen molar-refractivity contribution in [3.05, 3.63) is 0 Å². The molecule has 0 saturated carbocycles. The molecule has 1 aliphatic heterocycles. The van der Waals surface area contributed by atoms with Crippen LogP contribution in [0, 0.1) is 5.92 Å². The van der Waals surface area contributed by atoms with Gasteiger partial charge in [0.05, 0.1) is 0 Å². The van der Waals surface area contributed by atoms with Gasteiger partial charge in [-0.2, -0.15) is 0 Å². The number of nitrogens with zero attached hydrogens (tertiary/aromatic N) is 1. The van der Waals surface area contributed by atoms with Crippen molar-refractivity contribution < 1.29 is 5.11 Å². The Morgan fingerprint density at radius 2 is 1.75 bits per heavy atom. The van der Waals surface area contributed by atoms with Crippen LogP contribution in [0.3, 0.4) is 0 Å². The largest absolute Gasteiger partial charge is 0.396 e. The molecule has 16 heavy (non-hydrogen) atoms. The Hall–Kier alpha value is -0.0800. The molecule has 0 amide bonds. The standard InChI is InChI=1S/C14H29NO/c1-2-7-14-8-11-15(12-9-14)10-5-3-4-6-13-16/h14,16H,2-13H2,1H3. The van der Waals surface area contributed by atoms with Crippen LogP contribution in [-0.2, 0) is 0 Å². The lowest BCUT2D eigenvalue weighted by Crippen LogP contribution is -2.34. The quantitative estimate of drug-likeness (QED) is 0.644. The van der Waals surface area contributed by atoms with Gasteiger partial charge in [-0.1, -0.05) is 32.6 Å². The van der Waals surface area contributed by atoms with E-state index in [9.17, 15) is 0 Å². The van der Waals surface area contributed by atoms with Gasteiger partial charge in [-0.15, -0.1) is 0 Å². The average Bonchev–Trinajstić information content (AvgIpc) is 2.31. The van der Waals surface area contributed by atoms with Crippen LogP contribution >= 0.6 is 0 Å². The maximum absolute atomic E-state index is 8.68. The molecule has 0 radical (unpaired) electrons. The van der Waals surface area contributed by atoms with Crippen molar-refractivity contribution in [2.24, 2.45) is 5.92 Å². The van der Waals surface area contributed by atoms with Gasteiger partial charge in [0, 0.05) is 6.61 Å². The zero-order valence-corrected chi connectivity index (χ0v) is 11.0. The summed E-state index contributed by atoms with van der Waals surface area (Å²) in [6.45, 7) is 6.59. The van der Waals surface area contributed by atoms with Gasteiger partial charge < -0.3 is 10.0 Å². The summed E-state index contributed by atoms with van der Waals surface area (Å²) in [6, 6.07) is 0. The van der Waals surface area contributed by atoms with Gasteiger partial charge in [0.25, 0.3) is 0 Å². The molecule has 0 bridgehead atoms. The molecule has 0 unspecified atom stereocenters. The Morgan fingerprint density at radius 3 is 2.38 bits per heavy atom. The number of rotatable bonds is 8. The van der Waals surface area contributed by atoms with Gasteiger partial charge in [0.15, 0.2) is 0 Å². The number of unbranched alkanes of at least 4 members (excludes halogenated alkanes) is 3. The van der Waals surface area contributed by atoms with E-state index in [1.54, 1.807) is 0 Å². The lowest BCUT2D eigenvalue weighted by Gasteiger charge is -2.31. The molecule has 1 heterocycles. The van der Waals surface area contributed by atoms with Gasteiger partial charge >= 0.3 is 0 Å². The Kier molecular flexibility index (Phi) is 7.87. The summed E-state index contributed by atoms with van der Waals surface area (Å²) < 4.78 is 0. The first-order valence-corrected chi connectivity index (χ1v) is 7.20. The van der Waals surface area contributed by atoms with Gasteiger partial charge in [0.2, 0.25) is 0 Å². The Morgan fingerprint density at radius 1 is 1.06 bits per heavy atom. The molecule has 0 aliphatic carbocycles. The van der Waals surface area contributed by atoms with Crippen molar-refractivity contribution in [2.45, 2.75) is 58.3 Å². The average molecular weight is 227 g/mol. The SMILES string of the molecule is CCCC1CCN(CCCCCCO)CC1. The fourth-order valence-corrected chi connectivity index (χ4v) is 2.71. The molecule has 0 aromatic heterocycles. The van der Waals surface area contributed by atoms with Gasteiger partial charge in [-0.3, -0.25) is 0 Å². The fraction of sp³-hybridized carbons (Fsp3) is 1.00. The summed E-state index contributed by atoms with van der Waals surface area (Å²) in [5.41, 5.74) is 0. The van der Waals surface area contributed by atoms with E-state index in [4.69, 9.17) is 5.11 Å². The normalized spacial score (nSPS) is 19.1. The van der Waals surface area contributed by atoms with E-state index in [1.165, 1.54) is 64.6 Å². The molecule has 1 aliphatic rings. The maximum atomic E-state index is 8.68. The van der Waals surface area contributed by atoms with Gasteiger partial charge in [-0.25, -0.2) is 0 Å². The van der Waals surface area contributed by atoms with E-state index in [2.05, 4.69) is 11.8 Å². The number of aliphatic hydroxyl groups excluding tert-OH is 1. The Labute approximate surface area is 101 Å². The summed E-state index contributed by atoms with van der Waals surface area (Å²) in [5, 5.41) is 8.68. The molecule has 0 spiro atoms. The van der Waals surface area contributed by atoms with E-state index in [-0.39, 0.29) is 0 Å². The lowest BCUT2D eigenvalue weighted by atomic mass is 9.92. The number of hydrogen-bond acceptors (Lipinski definition) is 2. The second-order valence-corrected chi connectivity index (χ2v) is 5.21. The highest BCUT2D eigenvalue weighted by molar-refractivity contribution is 4.71. The minimum absolute atomic E-state index is 0.364. The van der Waals surface area contributed by atoms with Crippen molar-refractivity contribution in [3.8, 4) is 0 Å². The van der Waals surface area contributed by atoms with Crippen LogP contribution in [0.1, 0.15) is 58.3 Å². The van der Waals surface area contributed by atoms with E-state index in [0.717, 1.165) is 12.3 Å². The summed E-state index contributed by atoms with van der Waals surface area (Å²) in [5.74, 6) is 1.01. The highest BCUT2D eigenvalue weighted by Gasteiger charge is 2.17. The first-order valence-electron chi connectivity index (χ1n) is 7.20. The number of piperidine rings is 1. The zero-order valence-electron chi connectivity index (χ0n) is 11.0. The Balaban J connectivity index is 1.95. The third-order valence-corrected chi connectivity index (χ3v) is 3.79. The van der Waals surface area contributed by atoms with Crippen molar-refractivity contribution in [1.82, 2.24) is 4.90 Å². The highest BCUT2D eigenvalue weighted by atomic mass is 16.2. The summed E-state index contributed by atoms with van der Waals surface area (Å²) in [6.07, 6.45) is 10.4. The summed E-state index contributed by atoms with van der Waals surface area (Å²) >= 11 is 0. The number of hydrogen-bond donors (Lipinski definition) is 1. The molecule has 1 rings (SSSR count). The predicted molar refractivity (Wildman–Crippen MR) is 69.6 cm³/mol. The molecule has 2 nitrogen and oxygen atoms in total. The molecule has 2 heteroatoms. The number of aliphatic hydroxyl groups is 1. The molecule has 0 atom stereocenters. The van der Waals surface area contributed by atoms with Crippen LogP contribution < -0.4 is 0 Å². The molecular formula is C14H29NO. The predicted octanol–water partition coefficient (Wildman–Crippen LogP) is 3.05. The maximum Gasteiger partial charge on any atom is 0.0431 e. The molecule has 1 fully saturated rings. The van der Waals surface area contributed by atoms with E-state index < -0.39 is 0 Å². The van der Waals surface area contributed by atoms with Crippen molar-refractivity contribution >= 4 is 0 Å². The zero-order chi connectivity index (χ0) is 11.6. The molecular weight excluding hydrogens is 198 g/mol. The van der Waals surface area contributed by atoms with Gasteiger partial charge in [0.1, 0.15) is 0 Å². The monoisotopic (exact) mass is 227 g/mol. The smallest absolute Gasteiger partial charge is 0.0431 e. The van der Waals surface area contributed by atoms with E-state index >= 15 is 0 Å². The second kappa shape index (κ2) is 9.00. The summed E-state index contributed by atoms with van der Waals surface area (Å²) in [4.78, 5) is 2.63. The minimum Gasteiger partial charge on any atom is -0.396 e. The Bertz CT molecular complexity index is 153. The third-order valence-electron chi connectivity index (χ3n) is 3.79. The topological polar surface area (TPSA) is 23.5 Å². The summed E-state index contributed by atoms with van der Waals surface area (Å²) in [7, 11) is 0. The molecule has 1 N–H and O–H groups in total. The fourth-order valence-electron chi connectivity index (χ4n) is 2.71. The van der Waals surface area contributed by atoms with Crippen molar-refractivity contribution in [1.29, 1.82) is 0 Å². The molecule has 0 aromatic rings. The lowest BCUT2D eigenvalue weighted by molar-refractivity contribution is 0.175. The van der Waals surface area contributed by atoms with Crippen LogP contribution in [-0.4, -0.2) is 36.2 Å². The van der Waals surface area contributed by atoms with Crippen molar-refractivity contribution in [2.75, 3.05) is 26.2 Å². The van der Waals surface area contributed by atoms with Crippen LogP contribution in [0.15, 0.2) is 0 Å². The highest BCUT2D eigenvalue weighted by Crippen LogP contribution is 2.21. The number of likely N-dealkylation sites (tertiary alicyclic amines) is 1. The van der Waals surface area contributed by atoms with Crippen molar-refractivity contribution in [3.63, 3.8) is 0 Å². The van der Waals surface area contributed by atoms with E-state index in [0.29, 0.717) is 6.61 Å². The second-order valence-electron chi connectivity index (χ2n) is 5.21. The minimum atomic E-state index is 0.364. The van der Waals surface area contributed by atoms with Crippen LogP contribution in [0.2, 0.25) is 0 Å². The first kappa shape index (κ1) is 14.0. The molecule has 96 valence electrons. The van der Waals surface area contributed by atoms with Crippen LogP contribution in [0.4, 0.5) is 0 Å². The first-order chi connectivity index (χ1) is 7.86. The third kappa shape index (κ3) is 5.86. The molecule has 0 aromatic carbocycles. The van der Waals surface area contributed by atoms with Gasteiger partial charge in [-0.05, 0) is 51.2 Å². The molecule has 1 saturated heterocycles. The van der Waals surface area contributed by atoms with Crippen LogP contribution in [0.25, 0.3) is 0 Å². The van der Waals surface area contributed by atoms with Crippen LogP contribution in [0.5, 0.6) is 0 Å².